The normalized spacial score (nSPS) is 25.1. The van der Waals surface area contributed by atoms with Crippen molar-refractivity contribution < 1.29 is 13.6 Å². The molecule has 0 spiro atoms. The molecule has 6 heteroatoms. The predicted molar refractivity (Wildman–Crippen MR) is 83.3 cm³/mol. The van der Waals surface area contributed by atoms with Gasteiger partial charge in [0, 0.05) is 23.5 Å². The smallest absolute Gasteiger partial charge is 0.288 e. The SMILES string of the molecule is O=C(c1ccc(SC(F)F)cc1)N1CC[C@@H]2CNC[C@@H]2CC1. The maximum Gasteiger partial charge on any atom is 0.288 e. The number of fused-ring (bicyclic) bond motifs is 1. The van der Waals surface area contributed by atoms with E-state index in [4.69, 9.17) is 0 Å². The van der Waals surface area contributed by atoms with Crippen molar-refractivity contribution in [2.75, 3.05) is 26.2 Å². The zero-order valence-corrected chi connectivity index (χ0v) is 13.1. The van der Waals surface area contributed by atoms with Crippen LogP contribution in [-0.4, -0.2) is 42.7 Å². The van der Waals surface area contributed by atoms with E-state index in [-0.39, 0.29) is 5.91 Å². The average molecular weight is 326 g/mol. The Kier molecular flexibility index (Phi) is 4.98. The summed E-state index contributed by atoms with van der Waals surface area (Å²) in [5, 5.41) is 3.42. The monoisotopic (exact) mass is 326 g/mol. The summed E-state index contributed by atoms with van der Waals surface area (Å²) in [5.41, 5.74) is 0.587. The molecule has 0 saturated carbocycles. The zero-order valence-electron chi connectivity index (χ0n) is 12.3. The van der Waals surface area contributed by atoms with Crippen molar-refractivity contribution in [1.29, 1.82) is 0 Å². The maximum atomic E-state index is 12.6. The Morgan fingerprint density at radius 3 is 2.27 bits per heavy atom. The summed E-state index contributed by atoms with van der Waals surface area (Å²) in [7, 11) is 0. The van der Waals surface area contributed by atoms with Crippen LogP contribution in [0.15, 0.2) is 29.2 Å². The highest BCUT2D eigenvalue weighted by Gasteiger charge is 2.31. The molecule has 2 aliphatic rings. The minimum absolute atomic E-state index is 0.0153. The van der Waals surface area contributed by atoms with E-state index >= 15 is 0 Å². The highest BCUT2D eigenvalue weighted by molar-refractivity contribution is 7.99. The Morgan fingerprint density at radius 1 is 1.14 bits per heavy atom. The molecule has 1 amide bonds. The number of thioether (sulfide) groups is 1. The molecule has 0 aliphatic carbocycles. The maximum absolute atomic E-state index is 12.6. The van der Waals surface area contributed by atoms with E-state index in [1.165, 1.54) is 0 Å². The molecule has 1 aromatic carbocycles. The van der Waals surface area contributed by atoms with Crippen molar-refractivity contribution in [3.63, 3.8) is 0 Å². The third kappa shape index (κ3) is 3.60. The average Bonchev–Trinajstić information content (AvgIpc) is 2.85. The summed E-state index contributed by atoms with van der Waals surface area (Å²) in [6.45, 7) is 3.70. The number of likely N-dealkylation sites (tertiary alicyclic amines) is 1. The molecule has 2 saturated heterocycles. The van der Waals surface area contributed by atoms with Crippen molar-refractivity contribution in [2.45, 2.75) is 23.5 Å². The minimum Gasteiger partial charge on any atom is -0.339 e. The van der Waals surface area contributed by atoms with Gasteiger partial charge in [0.25, 0.3) is 11.7 Å². The molecule has 2 fully saturated rings. The second-order valence-electron chi connectivity index (χ2n) is 5.95. The molecule has 0 radical (unpaired) electrons. The number of halogens is 2. The third-order valence-electron chi connectivity index (χ3n) is 4.63. The van der Waals surface area contributed by atoms with Gasteiger partial charge in [0.05, 0.1) is 0 Å². The first-order chi connectivity index (χ1) is 10.6. The number of carbonyl (C=O) groups excluding carboxylic acids is 1. The fourth-order valence-electron chi connectivity index (χ4n) is 3.38. The van der Waals surface area contributed by atoms with Gasteiger partial charge in [-0.3, -0.25) is 4.79 Å². The molecule has 0 unspecified atom stereocenters. The van der Waals surface area contributed by atoms with Crippen molar-refractivity contribution >= 4 is 17.7 Å². The van der Waals surface area contributed by atoms with Crippen LogP contribution < -0.4 is 5.32 Å². The number of nitrogens with zero attached hydrogens (tertiary/aromatic N) is 1. The number of carbonyl (C=O) groups is 1. The summed E-state index contributed by atoms with van der Waals surface area (Å²) in [6.07, 6.45) is 2.09. The van der Waals surface area contributed by atoms with E-state index in [2.05, 4.69) is 5.32 Å². The number of hydrogen-bond acceptors (Lipinski definition) is 3. The van der Waals surface area contributed by atoms with Gasteiger partial charge in [-0.25, -0.2) is 0 Å². The quantitative estimate of drug-likeness (QED) is 0.867. The predicted octanol–water partition coefficient (Wildman–Crippen LogP) is 3.07. The number of rotatable bonds is 3. The van der Waals surface area contributed by atoms with E-state index in [1.807, 2.05) is 4.90 Å². The van der Waals surface area contributed by atoms with Crippen LogP contribution in [0.2, 0.25) is 0 Å². The molecule has 3 rings (SSSR count). The minimum atomic E-state index is -2.43. The Bertz CT molecular complexity index is 509. The first-order valence-corrected chi connectivity index (χ1v) is 8.56. The number of alkyl halides is 2. The third-order valence-corrected chi connectivity index (χ3v) is 5.36. The Labute approximate surface area is 133 Å². The molecule has 2 atom stereocenters. The second-order valence-corrected chi connectivity index (χ2v) is 7.01. The van der Waals surface area contributed by atoms with Crippen LogP contribution in [0.5, 0.6) is 0 Å². The standard InChI is InChI=1S/C16H20F2N2OS/c17-16(18)22-14-3-1-11(2-4-14)15(21)20-7-5-12-9-19-10-13(12)6-8-20/h1-4,12-13,16,19H,5-10H2/t12-,13+. The summed E-state index contributed by atoms with van der Waals surface area (Å²) in [6, 6.07) is 6.50. The van der Waals surface area contributed by atoms with Gasteiger partial charge in [-0.1, -0.05) is 11.8 Å². The van der Waals surface area contributed by atoms with E-state index in [0.29, 0.717) is 34.1 Å². The summed E-state index contributed by atoms with van der Waals surface area (Å²) < 4.78 is 24.6. The highest BCUT2D eigenvalue weighted by Crippen LogP contribution is 2.28. The molecule has 2 heterocycles. The number of nitrogens with one attached hydrogen (secondary N) is 1. The summed E-state index contributed by atoms with van der Waals surface area (Å²) in [5.74, 6) is -1.05. The highest BCUT2D eigenvalue weighted by atomic mass is 32.2. The van der Waals surface area contributed by atoms with Gasteiger partial charge in [-0.2, -0.15) is 8.78 Å². The van der Waals surface area contributed by atoms with Crippen LogP contribution >= 0.6 is 11.8 Å². The lowest BCUT2D eigenvalue weighted by Gasteiger charge is -2.21. The largest absolute Gasteiger partial charge is 0.339 e. The van der Waals surface area contributed by atoms with Crippen LogP contribution in [0.3, 0.4) is 0 Å². The molecule has 0 bridgehead atoms. The van der Waals surface area contributed by atoms with Crippen LogP contribution in [-0.2, 0) is 0 Å². The van der Waals surface area contributed by atoms with Crippen molar-refractivity contribution in [1.82, 2.24) is 10.2 Å². The first kappa shape index (κ1) is 15.7. The number of amides is 1. The summed E-state index contributed by atoms with van der Waals surface area (Å²) >= 11 is 0.504. The molecule has 0 aromatic heterocycles. The molecule has 22 heavy (non-hydrogen) atoms. The van der Waals surface area contributed by atoms with Crippen molar-refractivity contribution in [3.05, 3.63) is 29.8 Å². The van der Waals surface area contributed by atoms with Gasteiger partial charge in [-0.15, -0.1) is 0 Å². The van der Waals surface area contributed by atoms with Crippen molar-refractivity contribution in [3.8, 4) is 0 Å². The Balaban J connectivity index is 1.63. The van der Waals surface area contributed by atoms with E-state index in [0.717, 1.165) is 39.0 Å². The molecular formula is C16H20F2N2OS. The molecule has 120 valence electrons. The van der Waals surface area contributed by atoms with Crippen LogP contribution in [0, 0.1) is 11.8 Å². The van der Waals surface area contributed by atoms with E-state index in [1.54, 1.807) is 24.3 Å². The van der Waals surface area contributed by atoms with Gasteiger partial charge in [-0.05, 0) is 62.0 Å². The molecule has 1 aromatic rings. The van der Waals surface area contributed by atoms with Gasteiger partial charge in [0.15, 0.2) is 0 Å². The van der Waals surface area contributed by atoms with Crippen LogP contribution in [0.4, 0.5) is 8.78 Å². The van der Waals surface area contributed by atoms with Crippen LogP contribution in [0.1, 0.15) is 23.2 Å². The topological polar surface area (TPSA) is 32.3 Å². The summed E-state index contributed by atoms with van der Waals surface area (Å²) in [4.78, 5) is 15.0. The fourth-order valence-corrected chi connectivity index (χ4v) is 3.88. The fraction of sp³-hybridized carbons (Fsp3) is 0.562. The zero-order chi connectivity index (χ0) is 15.5. The Morgan fingerprint density at radius 2 is 1.73 bits per heavy atom. The lowest BCUT2D eigenvalue weighted by atomic mass is 9.92. The van der Waals surface area contributed by atoms with E-state index < -0.39 is 5.76 Å². The van der Waals surface area contributed by atoms with Crippen molar-refractivity contribution in [2.24, 2.45) is 11.8 Å². The Hall–Kier alpha value is -1.14. The molecule has 1 N–H and O–H groups in total. The number of benzene rings is 1. The van der Waals surface area contributed by atoms with Gasteiger partial charge >= 0.3 is 0 Å². The van der Waals surface area contributed by atoms with E-state index in [9.17, 15) is 13.6 Å². The van der Waals surface area contributed by atoms with Crippen LogP contribution in [0.25, 0.3) is 0 Å². The lowest BCUT2D eigenvalue weighted by Crippen LogP contribution is -2.32. The molecular weight excluding hydrogens is 306 g/mol. The second kappa shape index (κ2) is 6.96. The van der Waals surface area contributed by atoms with Gasteiger partial charge in [0.2, 0.25) is 0 Å². The van der Waals surface area contributed by atoms with Gasteiger partial charge in [0.1, 0.15) is 0 Å². The number of hydrogen-bond donors (Lipinski definition) is 1. The molecule has 3 nitrogen and oxygen atoms in total. The first-order valence-electron chi connectivity index (χ1n) is 7.68. The molecule has 2 aliphatic heterocycles. The van der Waals surface area contributed by atoms with Gasteiger partial charge < -0.3 is 10.2 Å². The lowest BCUT2D eigenvalue weighted by molar-refractivity contribution is 0.0758.